The number of carbonyl (C=O) groups excluding carboxylic acids is 3. The van der Waals surface area contributed by atoms with Gasteiger partial charge in [-0.2, -0.15) is 4.31 Å². The lowest BCUT2D eigenvalue weighted by Gasteiger charge is -2.42. The van der Waals surface area contributed by atoms with E-state index in [1.807, 2.05) is 10.3 Å². The zero-order valence-electron chi connectivity index (χ0n) is 22.9. The maximum atomic E-state index is 12.7. The maximum Gasteiger partial charge on any atom is 0.483 e. The van der Waals surface area contributed by atoms with Crippen LogP contribution < -0.4 is 16.6 Å². The van der Waals surface area contributed by atoms with Gasteiger partial charge in [0.25, 0.3) is 17.4 Å². The lowest BCUT2D eigenvalue weighted by atomic mass is 9.97. The molecule has 3 aliphatic heterocycles. The molecule has 2 saturated heterocycles. The van der Waals surface area contributed by atoms with Crippen molar-refractivity contribution in [2.75, 3.05) is 19.8 Å². The number of rotatable bonds is 12. The van der Waals surface area contributed by atoms with Crippen molar-refractivity contribution in [2.24, 2.45) is 0 Å². The third-order valence-electron chi connectivity index (χ3n) is 6.72. The predicted molar refractivity (Wildman–Crippen MR) is 141 cm³/mol. The number of carbonyl (C=O) groups is 3. The summed E-state index contributed by atoms with van der Waals surface area (Å²) in [5.41, 5.74) is -1.81. The molecule has 0 aliphatic carbocycles. The summed E-state index contributed by atoms with van der Waals surface area (Å²) >= 11 is 0. The molecule has 11 atom stereocenters. The molecule has 3 aliphatic rings. The van der Waals surface area contributed by atoms with Crippen molar-refractivity contribution in [3.8, 4) is 0 Å². The lowest BCUT2D eigenvalue weighted by molar-refractivity contribution is -0.248. The SMILES string of the molecule is O=C(CN1C(=O)C=CC1=O)NC1C(OP(=O)(O)OP(=O)(O)OCC2OC(n3ccc(=O)[nH]c3=O)C(O)C2O)OC(CO)C(O)C1O. The van der Waals surface area contributed by atoms with E-state index in [2.05, 4.69) is 8.83 Å². The molecule has 0 aromatic carbocycles. The van der Waals surface area contributed by atoms with Crippen molar-refractivity contribution in [3.05, 3.63) is 45.3 Å². The van der Waals surface area contributed by atoms with Gasteiger partial charge in [0.2, 0.25) is 5.91 Å². The first kappa shape index (κ1) is 35.9. The van der Waals surface area contributed by atoms with Crippen LogP contribution in [0, 0.1) is 0 Å². The Hall–Kier alpha value is -2.99. The van der Waals surface area contributed by atoms with Crippen molar-refractivity contribution < 1.29 is 81.7 Å². The molecule has 256 valence electrons. The van der Waals surface area contributed by atoms with Gasteiger partial charge in [0, 0.05) is 24.4 Å². The maximum absolute atomic E-state index is 12.7. The Morgan fingerprint density at radius 1 is 0.935 bits per heavy atom. The summed E-state index contributed by atoms with van der Waals surface area (Å²) in [7, 11) is -11.4. The first-order valence-electron chi connectivity index (χ1n) is 12.9. The average Bonchev–Trinajstić information content (AvgIpc) is 3.43. The monoisotopic (exact) mass is 702 g/mol. The number of imide groups is 1. The van der Waals surface area contributed by atoms with Crippen LogP contribution in [0.5, 0.6) is 0 Å². The van der Waals surface area contributed by atoms with E-state index in [1.54, 1.807) is 0 Å². The van der Waals surface area contributed by atoms with Crippen LogP contribution in [0.3, 0.4) is 0 Å². The molecule has 46 heavy (non-hydrogen) atoms. The fourth-order valence-corrected chi connectivity index (χ4v) is 6.65. The second-order valence-corrected chi connectivity index (χ2v) is 12.9. The number of hydrogen-bond acceptors (Lipinski definition) is 17. The molecule has 23 nitrogen and oxygen atoms in total. The quantitative estimate of drug-likeness (QED) is 0.0723. The first-order valence-corrected chi connectivity index (χ1v) is 15.9. The van der Waals surface area contributed by atoms with E-state index in [0.29, 0.717) is 9.47 Å². The zero-order chi connectivity index (χ0) is 34.1. The molecule has 4 heterocycles. The highest BCUT2D eigenvalue weighted by Gasteiger charge is 2.50. The number of phosphoric acid groups is 2. The summed E-state index contributed by atoms with van der Waals surface area (Å²) in [6.45, 7) is -3.00. The fourth-order valence-electron chi connectivity index (χ4n) is 4.48. The number of H-pyrrole nitrogens is 1. The Morgan fingerprint density at radius 3 is 2.17 bits per heavy atom. The molecule has 9 N–H and O–H groups in total. The molecule has 1 aromatic heterocycles. The molecule has 0 radical (unpaired) electrons. The molecule has 2 fully saturated rings. The largest absolute Gasteiger partial charge is 0.483 e. The molecular weight excluding hydrogens is 674 g/mol. The second-order valence-electron chi connectivity index (χ2n) is 9.88. The topological polar surface area (TPSA) is 343 Å². The highest BCUT2D eigenvalue weighted by molar-refractivity contribution is 7.61. The summed E-state index contributed by atoms with van der Waals surface area (Å²) in [6, 6.07) is -1.06. The van der Waals surface area contributed by atoms with E-state index < -0.39 is 120 Å². The van der Waals surface area contributed by atoms with E-state index in [-0.39, 0.29) is 0 Å². The highest BCUT2D eigenvalue weighted by Crippen LogP contribution is 2.61. The Morgan fingerprint density at radius 2 is 1.57 bits per heavy atom. The van der Waals surface area contributed by atoms with Crippen LogP contribution in [0.15, 0.2) is 34.0 Å². The van der Waals surface area contributed by atoms with Gasteiger partial charge in [-0.15, -0.1) is 0 Å². The van der Waals surface area contributed by atoms with Crippen LogP contribution in [-0.4, -0.2) is 136 Å². The van der Waals surface area contributed by atoms with Gasteiger partial charge in [-0.05, 0) is 0 Å². The van der Waals surface area contributed by atoms with Crippen LogP contribution >= 0.6 is 15.6 Å². The minimum atomic E-state index is -5.80. The number of aromatic nitrogens is 2. The number of phosphoric ester groups is 2. The van der Waals surface area contributed by atoms with Crippen molar-refractivity contribution in [1.82, 2.24) is 19.8 Å². The van der Waals surface area contributed by atoms with Crippen LogP contribution in [0.2, 0.25) is 0 Å². The summed E-state index contributed by atoms with van der Waals surface area (Å²) in [4.78, 5) is 81.9. The van der Waals surface area contributed by atoms with Gasteiger partial charge >= 0.3 is 21.3 Å². The smallest absolute Gasteiger partial charge is 0.394 e. The van der Waals surface area contributed by atoms with Crippen molar-refractivity contribution in [1.29, 1.82) is 0 Å². The number of amides is 3. The van der Waals surface area contributed by atoms with Gasteiger partial charge in [-0.1, -0.05) is 0 Å². The predicted octanol–water partition coefficient (Wildman–Crippen LogP) is -5.74. The number of hydrogen-bond donors (Lipinski definition) is 9. The number of aromatic amines is 1. The molecule has 11 unspecified atom stereocenters. The van der Waals surface area contributed by atoms with E-state index in [0.717, 1.165) is 24.4 Å². The third kappa shape index (κ3) is 8.10. The van der Waals surface area contributed by atoms with Crippen LogP contribution in [0.1, 0.15) is 6.23 Å². The molecule has 0 saturated carbocycles. The number of nitrogens with zero attached hydrogens (tertiary/aromatic N) is 2. The minimum absolute atomic E-state index is 0.485. The normalized spacial score (nSPS) is 34.0. The molecular formula is C21H28N4O19P2. The number of nitrogens with one attached hydrogen (secondary N) is 2. The van der Waals surface area contributed by atoms with Crippen LogP contribution in [0.25, 0.3) is 0 Å². The summed E-state index contributed by atoms with van der Waals surface area (Å²) in [6.07, 6.45) is -12.2. The molecule has 0 spiro atoms. The van der Waals surface area contributed by atoms with Crippen molar-refractivity contribution in [3.63, 3.8) is 0 Å². The van der Waals surface area contributed by atoms with Gasteiger partial charge in [0.15, 0.2) is 12.5 Å². The van der Waals surface area contributed by atoms with Crippen LogP contribution in [-0.2, 0) is 46.3 Å². The van der Waals surface area contributed by atoms with Gasteiger partial charge in [0.05, 0.1) is 13.2 Å². The third-order valence-corrected chi connectivity index (χ3v) is 9.32. The lowest BCUT2D eigenvalue weighted by Crippen LogP contribution is -2.65. The summed E-state index contributed by atoms with van der Waals surface area (Å²) in [5.74, 6) is -2.87. The Balaban J connectivity index is 1.41. The first-order chi connectivity index (χ1) is 21.4. The summed E-state index contributed by atoms with van der Waals surface area (Å²) < 4.78 is 49.8. The molecule has 3 amide bonds. The van der Waals surface area contributed by atoms with Gasteiger partial charge in [-0.25, -0.2) is 13.9 Å². The molecule has 4 rings (SSSR count). The number of ether oxygens (including phenoxy) is 2. The molecule has 25 heteroatoms. The molecule has 1 aromatic rings. The Kier molecular flexibility index (Phi) is 10.9. The van der Waals surface area contributed by atoms with Gasteiger partial charge in [0.1, 0.15) is 49.2 Å². The molecule has 0 bridgehead atoms. The number of aliphatic hydroxyl groups excluding tert-OH is 5. The minimum Gasteiger partial charge on any atom is -0.394 e. The van der Waals surface area contributed by atoms with E-state index in [1.165, 1.54) is 0 Å². The standard InChI is InChI=1S/C21H28N4O19P2/c26-6-8-15(31)17(33)14(22-11(28)5-25-12(29)1-2-13(25)30)20(42-8)43-46(38,39)44-45(36,37)40-7-9-16(32)18(34)19(41-9)24-4-3-10(27)23-21(24)35/h1-4,8-9,14-20,26,31-34H,5-7H2,(H,22,28)(H,36,37)(H,38,39)(H,23,27,35). The Labute approximate surface area is 255 Å². The van der Waals surface area contributed by atoms with Crippen molar-refractivity contribution in [2.45, 2.75) is 55.2 Å². The fraction of sp³-hybridized carbons (Fsp3) is 0.571. The van der Waals surface area contributed by atoms with E-state index >= 15 is 0 Å². The zero-order valence-corrected chi connectivity index (χ0v) is 24.7. The van der Waals surface area contributed by atoms with Crippen LogP contribution in [0.4, 0.5) is 0 Å². The van der Waals surface area contributed by atoms with Gasteiger partial charge in [-0.3, -0.25) is 42.7 Å². The number of aliphatic hydroxyl groups is 5. The van der Waals surface area contributed by atoms with Gasteiger partial charge < -0.3 is 50.1 Å². The Bertz CT molecular complexity index is 1560. The van der Waals surface area contributed by atoms with Crippen molar-refractivity contribution >= 4 is 33.4 Å². The average molecular weight is 702 g/mol. The highest BCUT2D eigenvalue weighted by atomic mass is 31.3. The van der Waals surface area contributed by atoms with E-state index in [9.17, 15) is 68.4 Å². The summed E-state index contributed by atoms with van der Waals surface area (Å²) in [5, 5.41) is 52.7. The van der Waals surface area contributed by atoms with E-state index in [4.69, 9.17) is 14.0 Å². The second kappa shape index (κ2) is 14.0.